The molecule has 1 aliphatic rings. The number of alkyl halides is 3. The third-order valence-corrected chi connectivity index (χ3v) is 3.89. The molecule has 0 bridgehead atoms. The van der Waals surface area contributed by atoms with Crippen LogP contribution >= 0.6 is 0 Å². The van der Waals surface area contributed by atoms with Gasteiger partial charge in [-0.25, -0.2) is 4.98 Å². The highest BCUT2D eigenvalue weighted by molar-refractivity contribution is 5.92. The van der Waals surface area contributed by atoms with Gasteiger partial charge in [-0.2, -0.15) is 13.2 Å². The van der Waals surface area contributed by atoms with Gasteiger partial charge in [-0.3, -0.25) is 14.6 Å². The summed E-state index contributed by atoms with van der Waals surface area (Å²) in [6, 6.07) is -0.00606. The first-order valence-electron chi connectivity index (χ1n) is 7.34. The largest absolute Gasteiger partial charge is 0.393 e. The lowest BCUT2D eigenvalue weighted by molar-refractivity contribution is -0.187. The van der Waals surface area contributed by atoms with E-state index in [1.807, 2.05) is 0 Å². The second kappa shape index (κ2) is 6.59. The average molecular weight is 332 g/mol. The van der Waals surface area contributed by atoms with Crippen LogP contribution in [0.5, 0.6) is 0 Å². The molecule has 0 saturated heterocycles. The molecule has 2 atom stereocenters. The van der Waals surface area contributed by atoms with Crippen LogP contribution in [-0.2, 0) is 0 Å². The molecule has 1 amide bonds. The van der Waals surface area contributed by atoms with Gasteiger partial charge in [0, 0.05) is 26.2 Å². The van der Waals surface area contributed by atoms with E-state index in [1.54, 1.807) is 14.1 Å². The van der Waals surface area contributed by atoms with Crippen LogP contribution in [0.15, 0.2) is 10.9 Å². The number of anilines is 1. The molecule has 0 aliphatic heterocycles. The van der Waals surface area contributed by atoms with E-state index in [-0.39, 0.29) is 24.5 Å². The number of nitrogens with one attached hydrogen (secondary N) is 2. The summed E-state index contributed by atoms with van der Waals surface area (Å²) in [7, 11) is 3.25. The zero-order valence-electron chi connectivity index (χ0n) is 12.9. The van der Waals surface area contributed by atoms with Crippen molar-refractivity contribution in [1.29, 1.82) is 0 Å². The van der Waals surface area contributed by atoms with Gasteiger partial charge in [0.15, 0.2) is 0 Å². The molecule has 9 heteroatoms. The minimum atomic E-state index is -4.35. The summed E-state index contributed by atoms with van der Waals surface area (Å²) in [4.78, 5) is 31.7. The third kappa shape index (κ3) is 4.23. The van der Waals surface area contributed by atoms with Gasteiger partial charge in [-0.05, 0) is 12.8 Å². The standard InChI is InChI=1S/C14H19F3N4O2/c1-21(2)13-19-10(7-11(22)20-13)12(23)18-9-6-4-3-5-8(9)14(15,16)17/h7-9H,3-6H2,1-2H3,(H,18,23)(H,19,20,22)/t8-,9+/m0/s1. The predicted molar refractivity (Wildman–Crippen MR) is 78.5 cm³/mol. The lowest BCUT2D eigenvalue weighted by Gasteiger charge is -2.33. The summed E-state index contributed by atoms with van der Waals surface area (Å²) in [5.41, 5.74) is -0.728. The molecule has 1 aromatic heterocycles. The predicted octanol–water partition coefficient (Wildman–Crippen LogP) is 1.69. The maximum absolute atomic E-state index is 13.0. The summed E-state index contributed by atoms with van der Waals surface area (Å²) in [5, 5.41) is 2.39. The number of carbonyl (C=O) groups excluding carboxylic acids is 1. The SMILES string of the molecule is CN(C)c1nc(C(=O)N[C@@H]2CCCC[C@@H]2C(F)(F)F)cc(=O)[nH]1. The van der Waals surface area contributed by atoms with Gasteiger partial charge in [0.2, 0.25) is 5.95 Å². The summed E-state index contributed by atoms with van der Waals surface area (Å²) < 4.78 is 39.1. The van der Waals surface area contributed by atoms with Gasteiger partial charge in [0.05, 0.1) is 5.92 Å². The Morgan fingerprint density at radius 1 is 1.35 bits per heavy atom. The minimum Gasteiger partial charge on any atom is -0.348 e. The molecular formula is C14H19F3N4O2. The fraction of sp³-hybridized carbons (Fsp3) is 0.643. The van der Waals surface area contributed by atoms with Crippen LogP contribution in [0, 0.1) is 5.92 Å². The highest BCUT2D eigenvalue weighted by atomic mass is 19.4. The van der Waals surface area contributed by atoms with Crippen LogP contribution in [0.4, 0.5) is 19.1 Å². The molecule has 1 saturated carbocycles. The van der Waals surface area contributed by atoms with Gasteiger partial charge in [0.1, 0.15) is 5.69 Å². The van der Waals surface area contributed by atoms with Gasteiger partial charge in [-0.1, -0.05) is 12.8 Å². The molecular weight excluding hydrogens is 313 g/mol. The molecule has 23 heavy (non-hydrogen) atoms. The summed E-state index contributed by atoms with van der Waals surface area (Å²) in [5.74, 6) is -2.16. The number of carbonyl (C=O) groups is 1. The Kier molecular flexibility index (Phi) is 4.96. The Morgan fingerprint density at radius 3 is 2.61 bits per heavy atom. The van der Waals surface area contributed by atoms with Crippen molar-refractivity contribution >= 4 is 11.9 Å². The zero-order valence-corrected chi connectivity index (χ0v) is 12.9. The van der Waals surface area contributed by atoms with E-state index in [1.165, 1.54) is 4.90 Å². The Balaban J connectivity index is 2.19. The quantitative estimate of drug-likeness (QED) is 0.883. The monoisotopic (exact) mass is 332 g/mol. The topological polar surface area (TPSA) is 78.1 Å². The Morgan fingerprint density at radius 2 is 2.00 bits per heavy atom. The molecule has 2 rings (SSSR count). The van der Waals surface area contributed by atoms with E-state index in [0.29, 0.717) is 12.8 Å². The summed E-state index contributed by atoms with van der Waals surface area (Å²) in [6.07, 6.45) is -2.97. The fourth-order valence-corrected chi connectivity index (χ4v) is 2.71. The number of aromatic nitrogens is 2. The second-order valence-corrected chi connectivity index (χ2v) is 5.86. The maximum atomic E-state index is 13.0. The summed E-state index contributed by atoms with van der Waals surface area (Å²) >= 11 is 0. The molecule has 0 spiro atoms. The van der Waals surface area contributed by atoms with Crippen molar-refractivity contribution in [2.24, 2.45) is 5.92 Å². The zero-order chi connectivity index (χ0) is 17.2. The van der Waals surface area contributed by atoms with Crippen LogP contribution in [0.25, 0.3) is 0 Å². The number of halogens is 3. The number of aromatic amines is 1. The lowest BCUT2D eigenvalue weighted by atomic mass is 9.84. The van der Waals surface area contributed by atoms with Gasteiger partial charge in [-0.15, -0.1) is 0 Å². The second-order valence-electron chi connectivity index (χ2n) is 5.86. The number of amides is 1. The molecule has 0 aromatic carbocycles. The lowest BCUT2D eigenvalue weighted by Crippen LogP contribution is -2.48. The van der Waals surface area contributed by atoms with E-state index < -0.39 is 29.6 Å². The van der Waals surface area contributed by atoms with Crippen molar-refractivity contribution in [3.8, 4) is 0 Å². The van der Waals surface area contributed by atoms with Crippen molar-refractivity contribution in [2.45, 2.75) is 37.9 Å². The van der Waals surface area contributed by atoms with E-state index in [9.17, 15) is 22.8 Å². The van der Waals surface area contributed by atoms with E-state index >= 15 is 0 Å². The van der Waals surface area contributed by atoms with Crippen molar-refractivity contribution in [2.75, 3.05) is 19.0 Å². The first kappa shape index (κ1) is 17.3. The molecule has 1 heterocycles. The van der Waals surface area contributed by atoms with Crippen molar-refractivity contribution < 1.29 is 18.0 Å². The van der Waals surface area contributed by atoms with Crippen LogP contribution < -0.4 is 15.8 Å². The van der Waals surface area contributed by atoms with Gasteiger partial charge >= 0.3 is 6.18 Å². The highest BCUT2D eigenvalue weighted by Gasteiger charge is 2.46. The molecule has 0 radical (unpaired) electrons. The number of hydrogen-bond donors (Lipinski definition) is 2. The van der Waals surface area contributed by atoms with Crippen LogP contribution in [0.3, 0.4) is 0 Å². The van der Waals surface area contributed by atoms with E-state index in [4.69, 9.17) is 0 Å². The first-order chi connectivity index (χ1) is 10.7. The molecule has 0 unspecified atom stereocenters. The van der Waals surface area contributed by atoms with Crippen molar-refractivity contribution in [3.63, 3.8) is 0 Å². The number of H-pyrrole nitrogens is 1. The van der Waals surface area contributed by atoms with Gasteiger partial charge in [0.25, 0.3) is 11.5 Å². The molecule has 1 aromatic rings. The van der Waals surface area contributed by atoms with Crippen LogP contribution in [0.1, 0.15) is 36.2 Å². The Labute approximate surface area is 131 Å². The number of nitrogens with zero attached hydrogens (tertiary/aromatic N) is 2. The van der Waals surface area contributed by atoms with E-state index in [2.05, 4.69) is 15.3 Å². The number of rotatable bonds is 3. The normalized spacial score (nSPS) is 21.8. The third-order valence-electron chi connectivity index (χ3n) is 3.89. The molecule has 2 N–H and O–H groups in total. The Hall–Kier alpha value is -2.06. The Bertz CT molecular complexity index is 627. The van der Waals surface area contributed by atoms with Crippen LogP contribution in [0.2, 0.25) is 0 Å². The highest BCUT2D eigenvalue weighted by Crippen LogP contribution is 2.37. The minimum absolute atomic E-state index is 0.000194. The summed E-state index contributed by atoms with van der Waals surface area (Å²) in [6.45, 7) is 0. The smallest absolute Gasteiger partial charge is 0.348 e. The maximum Gasteiger partial charge on any atom is 0.393 e. The number of hydrogen-bond acceptors (Lipinski definition) is 4. The molecule has 6 nitrogen and oxygen atoms in total. The van der Waals surface area contributed by atoms with Gasteiger partial charge < -0.3 is 10.2 Å². The molecule has 128 valence electrons. The first-order valence-corrected chi connectivity index (χ1v) is 7.34. The van der Waals surface area contributed by atoms with Crippen LogP contribution in [-0.4, -0.2) is 42.2 Å². The average Bonchev–Trinajstić information content (AvgIpc) is 2.46. The molecule has 1 aliphatic carbocycles. The van der Waals surface area contributed by atoms with Crippen molar-refractivity contribution in [3.05, 3.63) is 22.1 Å². The fourth-order valence-electron chi connectivity index (χ4n) is 2.71. The molecule has 1 fully saturated rings. The van der Waals surface area contributed by atoms with Crippen molar-refractivity contribution in [1.82, 2.24) is 15.3 Å². The van der Waals surface area contributed by atoms with E-state index in [0.717, 1.165) is 6.07 Å².